The topological polar surface area (TPSA) is 39.9 Å². The van der Waals surface area contributed by atoms with E-state index in [0.717, 1.165) is 5.56 Å². The van der Waals surface area contributed by atoms with E-state index >= 15 is 0 Å². The number of thioether (sulfide) groups is 1. The molecule has 1 heterocycles. The number of nitrogens with zero attached hydrogens (tertiary/aromatic N) is 3. The lowest BCUT2D eigenvalue weighted by Gasteiger charge is -2.09. The zero-order valence-corrected chi connectivity index (χ0v) is 15.0. The van der Waals surface area contributed by atoms with Crippen LogP contribution in [0, 0.1) is 5.82 Å². The lowest BCUT2D eigenvalue weighted by molar-refractivity contribution is -0.0498. The Bertz CT molecular complexity index is 913. The quantitative estimate of drug-likeness (QED) is 0.393. The summed E-state index contributed by atoms with van der Waals surface area (Å²) in [7, 11) is 0. The predicted octanol–water partition coefficient (Wildman–Crippen LogP) is 5.16. The fourth-order valence-electron chi connectivity index (χ4n) is 2.46. The fourth-order valence-corrected chi connectivity index (χ4v) is 3.35. The normalized spacial score (nSPS) is 11.0. The van der Waals surface area contributed by atoms with E-state index in [2.05, 4.69) is 21.5 Å². The maximum absolute atomic E-state index is 13.3. The molecular formula is C19H16F3N3OS. The average Bonchev–Trinajstić information content (AvgIpc) is 3.03. The van der Waals surface area contributed by atoms with Gasteiger partial charge in [-0.05, 0) is 42.0 Å². The second-order valence-corrected chi connectivity index (χ2v) is 6.47. The monoisotopic (exact) mass is 391 g/mol. The molecule has 0 aliphatic rings. The Labute approximate surface area is 158 Å². The zero-order chi connectivity index (χ0) is 19.2. The third kappa shape index (κ3) is 4.91. The number of hydrogen-bond donors (Lipinski definition) is 0. The molecule has 3 rings (SSSR count). The van der Waals surface area contributed by atoms with Gasteiger partial charge in [-0.3, -0.25) is 4.57 Å². The van der Waals surface area contributed by atoms with Crippen molar-refractivity contribution in [3.05, 3.63) is 72.6 Å². The van der Waals surface area contributed by atoms with E-state index in [1.165, 1.54) is 36.0 Å². The highest BCUT2D eigenvalue weighted by atomic mass is 32.2. The molecule has 0 atom stereocenters. The van der Waals surface area contributed by atoms with Crippen molar-refractivity contribution < 1.29 is 17.9 Å². The molecule has 0 spiro atoms. The molecule has 0 aliphatic heterocycles. The number of benzene rings is 2. The smallest absolute Gasteiger partial charge is 0.387 e. The van der Waals surface area contributed by atoms with Gasteiger partial charge in [-0.1, -0.05) is 30.0 Å². The number of rotatable bonds is 8. The molecule has 8 heteroatoms. The molecule has 0 saturated carbocycles. The summed E-state index contributed by atoms with van der Waals surface area (Å²) < 4.78 is 44.1. The Morgan fingerprint density at radius 3 is 2.59 bits per heavy atom. The van der Waals surface area contributed by atoms with E-state index in [9.17, 15) is 13.2 Å². The minimum absolute atomic E-state index is 0.0734. The van der Waals surface area contributed by atoms with Crippen molar-refractivity contribution in [1.29, 1.82) is 0 Å². The largest absolute Gasteiger partial charge is 0.435 e. The van der Waals surface area contributed by atoms with Crippen LogP contribution < -0.4 is 4.74 Å². The van der Waals surface area contributed by atoms with Crippen LogP contribution in [0.5, 0.6) is 5.75 Å². The molecular weight excluding hydrogens is 375 g/mol. The first-order valence-corrected chi connectivity index (χ1v) is 9.02. The minimum atomic E-state index is -2.87. The first kappa shape index (κ1) is 19.0. The Balaban J connectivity index is 1.81. The number of ether oxygens (including phenoxy) is 1. The van der Waals surface area contributed by atoms with Crippen LogP contribution in [0.2, 0.25) is 0 Å². The SMILES string of the molecule is C=CCn1c(SCc2cccc(F)c2)nnc1-c1ccc(OC(F)F)cc1. The maximum Gasteiger partial charge on any atom is 0.387 e. The average molecular weight is 391 g/mol. The number of halogens is 3. The van der Waals surface area contributed by atoms with Crippen molar-refractivity contribution in [1.82, 2.24) is 14.8 Å². The first-order valence-electron chi connectivity index (χ1n) is 8.03. The van der Waals surface area contributed by atoms with Crippen LogP contribution in [0.25, 0.3) is 11.4 Å². The lowest BCUT2D eigenvalue weighted by atomic mass is 10.2. The van der Waals surface area contributed by atoms with Crippen LogP contribution in [0.4, 0.5) is 13.2 Å². The molecule has 0 aliphatic carbocycles. The number of allylic oxidation sites excluding steroid dienone is 1. The van der Waals surface area contributed by atoms with E-state index in [4.69, 9.17) is 0 Å². The van der Waals surface area contributed by atoms with Gasteiger partial charge in [-0.25, -0.2) is 4.39 Å². The standard InChI is InChI=1S/C19H16F3N3OS/c1-2-10-25-17(14-6-8-16(9-7-14)26-18(21)22)23-24-19(25)27-12-13-4-3-5-15(20)11-13/h2-9,11,18H,1,10,12H2. The van der Waals surface area contributed by atoms with Crippen LogP contribution >= 0.6 is 11.8 Å². The van der Waals surface area contributed by atoms with E-state index in [0.29, 0.717) is 28.8 Å². The third-order valence-corrected chi connectivity index (χ3v) is 4.66. The molecule has 1 aromatic heterocycles. The highest BCUT2D eigenvalue weighted by Crippen LogP contribution is 2.28. The molecule has 0 saturated heterocycles. The van der Waals surface area contributed by atoms with Crippen LogP contribution in [-0.2, 0) is 12.3 Å². The fraction of sp³-hybridized carbons (Fsp3) is 0.158. The Morgan fingerprint density at radius 1 is 1.15 bits per heavy atom. The molecule has 4 nitrogen and oxygen atoms in total. The van der Waals surface area contributed by atoms with Gasteiger partial charge in [0.25, 0.3) is 0 Å². The van der Waals surface area contributed by atoms with Crippen LogP contribution in [-0.4, -0.2) is 21.4 Å². The van der Waals surface area contributed by atoms with Gasteiger partial charge in [0, 0.05) is 17.9 Å². The zero-order valence-electron chi connectivity index (χ0n) is 14.2. The summed E-state index contributed by atoms with van der Waals surface area (Å²) in [5, 5.41) is 9.06. The van der Waals surface area contributed by atoms with E-state index in [1.54, 1.807) is 24.3 Å². The summed E-state index contributed by atoms with van der Waals surface area (Å²) in [6.07, 6.45) is 1.72. The van der Waals surface area contributed by atoms with Crippen molar-refractivity contribution in [2.75, 3.05) is 0 Å². The maximum atomic E-state index is 13.3. The minimum Gasteiger partial charge on any atom is -0.435 e. The number of hydrogen-bond acceptors (Lipinski definition) is 4. The van der Waals surface area contributed by atoms with E-state index < -0.39 is 6.61 Å². The van der Waals surface area contributed by atoms with Crippen molar-refractivity contribution in [3.8, 4) is 17.1 Å². The lowest BCUT2D eigenvalue weighted by Crippen LogP contribution is -2.02. The molecule has 0 N–H and O–H groups in total. The summed E-state index contributed by atoms with van der Waals surface area (Å²) in [5.41, 5.74) is 1.55. The molecule has 0 unspecified atom stereocenters. The highest BCUT2D eigenvalue weighted by molar-refractivity contribution is 7.98. The molecule has 0 amide bonds. The summed E-state index contributed by atoms with van der Waals surface area (Å²) in [4.78, 5) is 0. The first-order chi connectivity index (χ1) is 13.1. The van der Waals surface area contributed by atoms with Gasteiger partial charge >= 0.3 is 6.61 Å². The van der Waals surface area contributed by atoms with Gasteiger partial charge in [-0.15, -0.1) is 16.8 Å². The molecule has 140 valence electrons. The second-order valence-electron chi connectivity index (χ2n) is 5.53. The number of alkyl halides is 2. The van der Waals surface area contributed by atoms with Gasteiger partial charge in [-0.2, -0.15) is 8.78 Å². The van der Waals surface area contributed by atoms with Crippen molar-refractivity contribution >= 4 is 11.8 Å². The highest BCUT2D eigenvalue weighted by Gasteiger charge is 2.14. The third-order valence-electron chi connectivity index (χ3n) is 3.62. The Hall–Kier alpha value is -2.74. The Morgan fingerprint density at radius 2 is 1.93 bits per heavy atom. The van der Waals surface area contributed by atoms with Gasteiger partial charge in [0.15, 0.2) is 11.0 Å². The molecule has 0 bridgehead atoms. The molecule has 27 heavy (non-hydrogen) atoms. The van der Waals surface area contributed by atoms with Crippen molar-refractivity contribution in [3.63, 3.8) is 0 Å². The van der Waals surface area contributed by atoms with E-state index in [-0.39, 0.29) is 11.6 Å². The second kappa shape index (κ2) is 8.77. The molecule has 0 radical (unpaired) electrons. The summed E-state index contributed by atoms with van der Waals surface area (Å²) in [5.74, 6) is 0.908. The van der Waals surface area contributed by atoms with Gasteiger partial charge < -0.3 is 4.74 Å². The number of aromatic nitrogens is 3. The van der Waals surface area contributed by atoms with Crippen molar-refractivity contribution in [2.24, 2.45) is 0 Å². The summed E-state index contributed by atoms with van der Waals surface area (Å²) >= 11 is 1.43. The summed E-state index contributed by atoms with van der Waals surface area (Å²) in [6.45, 7) is 1.36. The summed E-state index contributed by atoms with van der Waals surface area (Å²) in [6, 6.07) is 12.6. The molecule has 3 aromatic rings. The van der Waals surface area contributed by atoms with Crippen LogP contribution in [0.15, 0.2) is 66.3 Å². The predicted molar refractivity (Wildman–Crippen MR) is 98.2 cm³/mol. The van der Waals surface area contributed by atoms with Crippen LogP contribution in [0.3, 0.4) is 0 Å². The van der Waals surface area contributed by atoms with E-state index in [1.807, 2.05) is 10.6 Å². The Kier molecular flexibility index (Phi) is 6.18. The van der Waals surface area contributed by atoms with Crippen molar-refractivity contribution in [2.45, 2.75) is 24.1 Å². The van der Waals surface area contributed by atoms with Crippen LogP contribution in [0.1, 0.15) is 5.56 Å². The van der Waals surface area contributed by atoms with Gasteiger partial charge in [0.2, 0.25) is 0 Å². The molecule has 2 aromatic carbocycles. The molecule has 0 fully saturated rings. The van der Waals surface area contributed by atoms with Gasteiger partial charge in [0.05, 0.1) is 0 Å². The van der Waals surface area contributed by atoms with Gasteiger partial charge in [0.1, 0.15) is 11.6 Å².